The molecule has 0 spiro atoms. The average molecular weight is 842 g/mol. The number of anilines is 9. The molecule has 0 radical (unpaired) electrons. The molecule has 5 heteroatoms. The number of rotatable bonds is 9. The molecule has 0 N–H and O–H groups in total. The van der Waals surface area contributed by atoms with Crippen molar-refractivity contribution in [1.29, 1.82) is 0 Å². The van der Waals surface area contributed by atoms with Crippen LogP contribution in [-0.2, 0) is 0 Å². The Morgan fingerprint density at radius 3 is 1.17 bits per heavy atom. The fourth-order valence-electron chi connectivity index (χ4n) is 9.14. The molecule has 0 aliphatic heterocycles. The lowest BCUT2D eigenvalue weighted by atomic mass is 10.0. The van der Waals surface area contributed by atoms with Crippen LogP contribution < -0.4 is 14.7 Å². The molecule has 3 nitrogen and oxygen atoms in total. The first-order valence-electron chi connectivity index (χ1n) is 21.3. The van der Waals surface area contributed by atoms with E-state index in [2.05, 4.69) is 251 Å². The van der Waals surface area contributed by atoms with E-state index in [0.717, 1.165) is 51.2 Å². The first-order chi connectivity index (χ1) is 31.2. The van der Waals surface area contributed by atoms with E-state index in [1.807, 2.05) is 22.7 Å². The number of benzene rings is 10. The second-order valence-electron chi connectivity index (χ2n) is 15.8. The predicted octanol–water partition coefficient (Wildman–Crippen LogP) is 18.0. The highest BCUT2D eigenvalue weighted by Crippen LogP contribution is 2.51. The number of fused-ring (bicyclic) bond motifs is 8. The van der Waals surface area contributed by atoms with Crippen molar-refractivity contribution < 1.29 is 0 Å². The SMILES string of the molecule is c1ccc(N(c2ccccc2)c2ccc3c(c2)sc2cc(N(c4ccccc4)c4cc(N(c5ccccc5)c5ccccc5)c5c(c4)sc4c6ccccc6ccc45)ccc23)cc1. The van der Waals surface area contributed by atoms with Crippen LogP contribution in [0.25, 0.3) is 51.1 Å². The molecule has 298 valence electrons. The summed E-state index contributed by atoms with van der Waals surface area (Å²) in [7, 11) is 0. The van der Waals surface area contributed by atoms with Crippen molar-refractivity contribution in [3.05, 3.63) is 237 Å². The van der Waals surface area contributed by atoms with Crippen molar-refractivity contribution in [2.75, 3.05) is 14.7 Å². The minimum Gasteiger partial charge on any atom is -0.310 e. The van der Waals surface area contributed by atoms with Crippen LogP contribution in [0, 0.1) is 0 Å². The Morgan fingerprint density at radius 2 is 0.667 bits per heavy atom. The van der Waals surface area contributed by atoms with Gasteiger partial charge in [-0.25, -0.2) is 0 Å². The van der Waals surface area contributed by atoms with Crippen molar-refractivity contribution in [3.8, 4) is 0 Å². The normalized spacial score (nSPS) is 11.5. The molecule has 63 heavy (non-hydrogen) atoms. The zero-order valence-electron chi connectivity index (χ0n) is 34.2. The molecule has 12 aromatic rings. The Balaban J connectivity index is 1.07. The second kappa shape index (κ2) is 15.6. The van der Waals surface area contributed by atoms with Crippen LogP contribution in [0.2, 0.25) is 0 Å². The highest BCUT2D eigenvalue weighted by Gasteiger charge is 2.24. The maximum absolute atomic E-state index is 2.43. The summed E-state index contributed by atoms with van der Waals surface area (Å²) >= 11 is 3.74. The van der Waals surface area contributed by atoms with Crippen LogP contribution >= 0.6 is 22.7 Å². The zero-order chi connectivity index (χ0) is 41.7. The van der Waals surface area contributed by atoms with E-state index in [-0.39, 0.29) is 0 Å². The molecule has 0 unspecified atom stereocenters. The maximum atomic E-state index is 2.43. The third-order valence-electron chi connectivity index (χ3n) is 12.0. The quantitative estimate of drug-likeness (QED) is 0.143. The fraction of sp³-hybridized carbons (Fsp3) is 0. The van der Waals surface area contributed by atoms with Crippen molar-refractivity contribution >= 4 is 125 Å². The number of hydrogen-bond acceptors (Lipinski definition) is 5. The number of thiophene rings is 2. The smallest absolute Gasteiger partial charge is 0.0575 e. The molecular weight excluding hydrogens is 803 g/mol. The fourth-order valence-corrected chi connectivity index (χ4v) is 11.6. The lowest BCUT2D eigenvalue weighted by Crippen LogP contribution is -2.13. The van der Waals surface area contributed by atoms with E-state index < -0.39 is 0 Å². The van der Waals surface area contributed by atoms with Gasteiger partial charge in [0.05, 0.1) is 5.69 Å². The molecule has 12 rings (SSSR count). The molecule has 2 heterocycles. The minimum atomic E-state index is 1.10. The van der Waals surface area contributed by atoms with Gasteiger partial charge in [0.25, 0.3) is 0 Å². The molecule has 0 bridgehead atoms. The standard InChI is InChI=1S/C58H39N3S2/c1-6-19-41(20-7-1)59(42-21-8-2-9-22-42)46-31-34-50-51-35-32-47(38-55(51)62-54(50)37-46)60(43-23-10-3-11-24-43)48-36-53(61(44-25-12-4-13-26-44)45-27-14-5-15-28-45)57-52-33-30-40-18-16-17-29-49(40)58(52)63-56(57)39-48/h1-39H. The van der Waals surface area contributed by atoms with Gasteiger partial charge in [-0.05, 0) is 108 Å². The molecule has 0 aliphatic rings. The molecule has 2 aromatic heterocycles. The summed E-state index contributed by atoms with van der Waals surface area (Å²) in [5.74, 6) is 0. The van der Waals surface area contributed by atoms with E-state index in [4.69, 9.17) is 0 Å². The van der Waals surface area contributed by atoms with Crippen LogP contribution in [0.3, 0.4) is 0 Å². The Kier molecular flexibility index (Phi) is 9.21. The Morgan fingerprint density at radius 1 is 0.254 bits per heavy atom. The van der Waals surface area contributed by atoms with Crippen molar-refractivity contribution in [2.45, 2.75) is 0 Å². The van der Waals surface area contributed by atoms with Crippen LogP contribution in [-0.4, -0.2) is 0 Å². The summed E-state index contributed by atoms with van der Waals surface area (Å²) in [6.07, 6.45) is 0. The number of nitrogens with zero attached hydrogens (tertiary/aromatic N) is 3. The van der Waals surface area contributed by atoms with E-state index in [9.17, 15) is 0 Å². The molecule has 0 atom stereocenters. The van der Waals surface area contributed by atoms with Crippen LogP contribution in [0.4, 0.5) is 51.2 Å². The Hall–Kier alpha value is -7.70. The first-order valence-corrected chi connectivity index (χ1v) is 22.9. The number of para-hydroxylation sites is 5. The van der Waals surface area contributed by atoms with Crippen LogP contribution in [0.5, 0.6) is 0 Å². The van der Waals surface area contributed by atoms with Gasteiger partial charge in [0, 0.05) is 85.8 Å². The molecule has 0 saturated carbocycles. The third kappa shape index (κ3) is 6.57. The van der Waals surface area contributed by atoms with E-state index >= 15 is 0 Å². The third-order valence-corrected chi connectivity index (χ3v) is 14.3. The van der Waals surface area contributed by atoms with Gasteiger partial charge in [-0.2, -0.15) is 0 Å². The average Bonchev–Trinajstić information content (AvgIpc) is 3.92. The molecule has 0 aliphatic carbocycles. The number of hydrogen-bond donors (Lipinski definition) is 0. The van der Waals surface area contributed by atoms with Gasteiger partial charge in [-0.1, -0.05) is 140 Å². The van der Waals surface area contributed by atoms with Crippen LogP contribution in [0.15, 0.2) is 237 Å². The van der Waals surface area contributed by atoms with Gasteiger partial charge in [0.1, 0.15) is 0 Å². The van der Waals surface area contributed by atoms with Gasteiger partial charge in [0.15, 0.2) is 0 Å². The molecule has 0 amide bonds. The van der Waals surface area contributed by atoms with Crippen molar-refractivity contribution in [1.82, 2.24) is 0 Å². The second-order valence-corrected chi connectivity index (χ2v) is 17.9. The van der Waals surface area contributed by atoms with Gasteiger partial charge >= 0.3 is 0 Å². The summed E-state index contributed by atoms with van der Waals surface area (Å²) in [4.78, 5) is 7.20. The summed E-state index contributed by atoms with van der Waals surface area (Å²) < 4.78 is 5.04. The summed E-state index contributed by atoms with van der Waals surface area (Å²) in [6, 6.07) is 85.7. The predicted molar refractivity (Wildman–Crippen MR) is 274 cm³/mol. The van der Waals surface area contributed by atoms with E-state index in [1.165, 1.54) is 51.1 Å². The topological polar surface area (TPSA) is 9.72 Å². The molecule has 10 aromatic carbocycles. The van der Waals surface area contributed by atoms with Gasteiger partial charge < -0.3 is 14.7 Å². The van der Waals surface area contributed by atoms with Gasteiger partial charge in [-0.15, -0.1) is 22.7 Å². The maximum Gasteiger partial charge on any atom is 0.0575 e. The largest absolute Gasteiger partial charge is 0.310 e. The Bertz CT molecular complexity index is 3490. The van der Waals surface area contributed by atoms with Crippen molar-refractivity contribution in [3.63, 3.8) is 0 Å². The molecule has 0 saturated heterocycles. The van der Waals surface area contributed by atoms with E-state index in [0.29, 0.717) is 0 Å². The van der Waals surface area contributed by atoms with Gasteiger partial charge in [-0.3, -0.25) is 0 Å². The monoisotopic (exact) mass is 841 g/mol. The van der Waals surface area contributed by atoms with E-state index in [1.54, 1.807) is 0 Å². The lowest BCUT2D eigenvalue weighted by molar-refractivity contribution is 1.27. The summed E-state index contributed by atoms with van der Waals surface area (Å²) in [5, 5.41) is 7.58. The summed E-state index contributed by atoms with van der Waals surface area (Å²) in [6.45, 7) is 0. The Labute approximate surface area is 374 Å². The highest BCUT2D eigenvalue weighted by molar-refractivity contribution is 7.27. The van der Waals surface area contributed by atoms with Gasteiger partial charge in [0.2, 0.25) is 0 Å². The summed E-state index contributed by atoms with van der Waals surface area (Å²) in [5.41, 5.74) is 10.1. The van der Waals surface area contributed by atoms with Crippen molar-refractivity contribution in [2.24, 2.45) is 0 Å². The minimum absolute atomic E-state index is 1.10. The molecule has 0 fully saturated rings. The lowest BCUT2D eigenvalue weighted by Gasteiger charge is -2.30. The highest BCUT2D eigenvalue weighted by atomic mass is 32.1. The molecular formula is C58H39N3S2. The zero-order valence-corrected chi connectivity index (χ0v) is 35.8. The van der Waals surface area contributed by atoms with Crippen LogP contribution in [0.1, 0.15) is 0 Å². The first kappa shape index (κ1) is 37.1.